The summed E-state index contributed by atoms with van der Waals surface area (Å²) >= 11 is 1.84. The zero-order valence-corrected chi connectivity index (χ0v) is 28.2. The van der Waals surface area contributed by atoms with Crippen LogP contribution in [0.25, 0.3) is 58.8 Å². The number of allylic oxidation sites excluding steroid dienone is 4. The lowest BCUT2D eigenvalue weighted by Gasteiger charge is -2.15. The Morgan fingerprint density at radius 3 is 2.52 bits per heavy atom. The maximum Gasteiger partial charge on any atom is 0.131 e. The van der Waals surface area contributed by atoms with E-state index < -0.39 is 0 Å². The van der Waals surface area contributed by atoms with Crippen LogP contribution in [0.1, 0.15) is 29.5 Å². The van der Waals surface area contributed by atoms with Crippen molar-refractivity contribution in [3.05, 3.63) is 162 Å². The molecule has 0 fully saturated rings. The summed E-state index contributed by atoms with van der Waals surface area (Å²) in [4.78, 5) is 5.39. The Hall–Kier alpha value is -6.15. The fraction of sp³-hybridized carbons (Fsp3) is 0.0652. The molecule has 4 heteroatoms. The Morgan fingerprint density at radius 1 is 0.800 bits per heavy atom. The summed E-state index contributed by atoms with van der Waals surface area (Å²) in [5, 5.41) is 4.97. The molecule has 0 spiro atoms. The molecule has 1 aliphatic carbocycles. The number of rotatable bonds is 3. The second kappa shape index (κ2) is 11.2. The van der Waals surface area contributed by atoms with E-state index in [0.717, 1.165) is 61.9 Å². The van der Waals surface area contributed by atoms with Gasteiger partial charge in [-0.25, -0.2) is 0 Å². The molecule has 50 heavy (non-hydrogen) atoms. The lowest BCUT2D eigenvalue weighted by atomic mass is 9.88. The topological polar surface area (TPSA) is 26.5 Å². The number of hydrogen-bond acceptors (Lipinski definition) is 3. The van der Waals surface area contributed by atoms with Crippen LogP contribution in [0, 0.1) is 12.3 Å². The van der Waals surface area contributed by atoms with Crippen molar-refractivity contribution in [3.8, 4) is 34.9 Å². The minimum Gasteiger partial charge on any atom is -0.461 e. The Balaban J connectivity index is 1.25. The molecule has 2 bridgehead atoms. The lowest BCUT2D eigenvalue weighted by molar-refractivity contribution is 0.447. The molecule has 8 aromatic rings. The van der Waals surface area contributed by atoms with E-state index in [9.17, 15) is 0 Å². The highest BCUT2D eigenvalue weighted by Crippen LogP contribution is 2.47. The number of para-hydroxylation sites is 2. The van der Waals surface area contributed by atoms with Gasteiger partial charge in [-0.3, -0.25) is 4.99 Å². The molecule has 1 atom stereocenters. The predicted molar refractivity (Wildman–Crippen MR) is 211 cm³/mol. The maximum atomic E-state index is 6.44. The Morgan fingerprint density at radius 2 is 1.58 bits per heavy atom. The molecule has 10 rings (SSSR count). The molecular weight excluding hydrogens is 629 g/mol. The third-order valence-electron chi connectivity index (χ3n) is 10.2. The Labute approximate surface area is 294 Å². The van der Waals surface area contributed by atoms with Crippen LogP contribution in [-0.2, 0) is 6.42 Å². The van der Waals surface area contributed by atoms with E-state index in [-0.39, 0.29) is 5.92 Å². The number of aromatic nitrogens is 1. The van der Waals surface area contributed by atoms with E-state index in [1.54, 1.807) is 0 Å². The van der Waals surface area contributed by atoms with Crippen molar-refractivity contribution in [2.24, 2.45) is 4.99 Å². The number of ether oxygens (including phenoxy) is 1. The SMILES string of the molecule is C#CC1/C=C\C=C2/Cc3c(ccc4c3c3c(cccc3n4-c3ccccc3N=C(C)c3cccc4c3sc3ccccc34)-c3ccccc31)O2. The normalized spacial score (nSPS) is 17.0. The van der Waals surface area contributed by atoms with Gasteiger partial charge in [0.25, 0.3) is 0 Å². The van der Waals surface area contributed by atoms with Gasteiger partial charge in [0.2, 0.25) is 0 Å². The molecule has 6 aromatic carbocycles. The quantitative estimate of drug-likeness (QED) is 0.137. The molecule has 0 amide bonds. The van der Waals surface area contributed by atoms with E-state index in [1.165, 1.54) is 36.5 Å². The van der Waals surface area contributed by atoms with Crippen LogP contribution in [0.4, 0.5) is 5.69 Å². The van der Waals surface area contributed by atoms with Crippen molar-refractivity contribution in [2.45, 2.75) is 19.3 Å². The zero-order chi connectivity index (χ0) is 33.3. The smallest absolute Gasteiger partial charge is 0.131 e. The number of hydrogen-bond donors (Lipinski definition) is 0. The summed E-state index contributed by atoms with van der Waals surface area (Å²) in [5.41, 5.74) is 11.0. The average Bonchev–Trinajstić information content (AvgIpc) is 3.84. The van der Waals surface area contributed by atoms with Crippen molar-refractivity contribution in [2.75, 3.05) is 0 Å². The molecule has 1 aliphatic heterocycles. The van der Waals surface area contributed by atoms with Gasteiger partial charge in [0, 0.05) is 54.2 Å². The number of benzene rings is 6. The summed E-state index contributed by atoms with van der Waals surface area (Å²) in [7, 11) is 0. The monoisotopic (exact) mass is 658 g/mol. The summed E-state index contributed by atoms with van der Waals surface area (Å²) in [6.45, 7) is 2.13. The molecule has 3 heterocycles. The first kappa shape index (κ1) is 28.8. The van der Waals surface area contributed by atoms with Crippen LogP contribution < -0.4 is 4.74 Å². The van der Waals surface area contributed by atoms with Crippen LogP contribution in [-0.4, -0.2) is 10.3 Å². The molecule has 0 saturated heterocycles. The average molecular weight is 659 g/mol. The molecular formula is C46H30N2OS. The Kier molecular flexibility index (Phi) is 6.46. The molecule has 1 unspecified atom stereocenters. The van der Waals surface area contributed by atoms with Crippen molar-refractivity contribution < 1.29 is 4.74 Å². The fourth-order valence-corrected chi connectivity index (χ4v) is 9.23. The first-order valence-corrected chi connectivity index (χ1v) is 17.7. The number of aliphatic imine (C=N–C) groups is 1. The van der Waals surface area contributed by atoms with Gasteiger partial charge in [-0.15, -0.1) is 17.8 Å². The van der Waals surface area contributed by atoms with Crippen molar-refractivity contribution >= 4 is 64.7 Å². The van der Waals surface area contributed by atoms with Crippen LogP contribution in [0.5, 0.6) is 5.75 Å². The van der Waals surface area contributed by atoms with Crippen LogP contribution >= 0.6 is 11.3 Å². The Bertz CT molecular complexity index is 2850. The highest BCUT2D eigenvalue weighted by molar-refractivity contribution is 7.26. The molecule has 2 aromatic heterocycles. The number of fused-ring (bicyclic) bond motifs is 6. The van der Waals surface area contributed by atoms with Crippen molar-refractivity contribution in [1.82, 2.24) is 4.57 Å². The third-order valence-corrected chi connectivity index (χ3v) is 11.4. The first-order chi connectivity index (χ1) is 24.7. The van der Waals surface area contributed by atoms with E-state index in [0.29, 0.717) is 6.42 Å². The standard InChI is InChI=1S/C46H30N2OS/c1-3-29-13-10-14-30-27-37-42(49-30)26-25-41-45(37)44-35(33-16-5-4-15-32(29)33)19-12-23-40(44)48(41)39-22-8-7-21-38(39)47-28(2)31-18-11-20-36-34-17-6-9-24-43(34)50-46(31)36/h1,4-26,29H,27H2,2H3/b13-10-,30-14+,47-28?. The number of thiophene rings is 1. The fourth-order valence-electron chi connectivity index (χ4n) is 7.96. The van der Waals surface area contributed by atoms with Gasteiger partial charge in [0.1, 0.15) is 11.5 Å². The minimum atomic E-state index is -0.178. The first-order valence-electron chi connectivity index (χ1n) is 16.9. The van der Waals surface area contributed by atoms with Gasteiger partial charge in [-0.05, 0) is 66.1 Å². The van der Waals surface area contributed by atoms with Crippen LogP contribution in [0.2, 0.25) is 0 Å². The molecule has 0 radical (unpaired) electrons. The van der Waals surface area contributed by atoms with Crippen LogP contribution in [0.15, 0.2) is 150 Å². The second-order valence-corrected chi connectivity index (χ2v) is 14.0. The third kappa shape index (κ3) is 4.27. The van der Waals surface area contributed by atoms with E-state index >= 15 is 0 Å². The van der Waals surface area contributed by atoms with E-state index in [4.69, 9.17) is 16.2 Å². The number of nitrogens with zero attached hydrogens (tertiary/aromatic N) is 2. The van der Waals surface area contributed by atoms with Gasteiger partial charge in [-0.2, -0.15) is 0 Å². The summed E-state index contributed by atoms with van der Waals surface area (Å²) in [6.07, 6.45) is 13.1. The van der Waals surface area contributed by atoms with Crippen molar-refractivity contribution in [1.29, 1.82) is 0 Å². The van der Waals surface area contributed by atoms with Gasteiger partial charge in [0.15, 0.2) is 0 Å². The highest BCUT2D eigenvalue weighted by atomic mass is 32.1. The van der Waals surface area contributed by atoms with Gasteiger partial charge in [-0.1, -0.05) is 103 Å². The van der Waals surface area contributed by atoms with E-state index in [2.05, 4.69) is 151 Å². The summed E-state index contributed by atoms with van der Waals surface area (Å²) in [6, 6.07) is 43.2. The second-order valence-electron chi connectivity index (χ2n) is 13.0. The lowest BCUT2D eigenvalue weighted by Crippen LogP contribution is -1.98. The predicted octanol–water partition coefficient (Wildman–Crippen LogP) is 12.1. The van der Waals surface area contributed by atoms with Crippen LogP contribution in [0.3, 0.4) is 0 Å². The minimum absolute atomic E-state index is 0.178. The molecule has 3 nitrogen and oxygen atoms in total. The van der Waals surface area contributed by atoms with Crippen molar-refractivity contribution in [3.63, 3.8) is 0 Å². The molecule has 0 saturated carbocycles. The highest BCUT2D eigenvalue weighted by Gasteiger charge is 2.27. The molecule has 236 valence electrons. The molecule has 0 N–H and O–H groups in total. The largest absolute Gasteiger partial charge is 0.461 e. The molecule has 2 aliphatic rings. The van der Waals surface area contributed by atoms with Gasteiger partial charge >= 0.3 is 0 Å². The van der Waals surface area contributed by atoms with Gasteiger partial charge < -0.3 is 9.30 Å². The van der Waals surface area contributed by atoms with Gasteiger partial charge in [0.05, 0.1) is 28.3 Å². The zero-order valence-electron chi connectivity index (χ0n) is 27.4. The number of terminal acetylenes is 1. The maximum absolute atomic E-state index is 6.44. The summed E-state index contributed by atoms with van der Waals surface area (Å²) < 4.78 is 11.4. The van der Waals surface area contributed by atoms with E-state index in [1.807, 2.05) is 17.4 Å². The summed E-state index contributed by atoms with van der Waals surface area (Å²) in [5.74, 6) is 4.68.